The van der Waals surface area contributed by atoms with E-state index in [1.165, 1.54) is 64.2 Å². The number of aliphatic hydroxyl groups is 3. The van der Waals surface area contributed by atoms with Crippen LogP contribution in [0.3, 0.4) is 0 Å². The Labute approximate surface area is 193 Å². The minimum atomic E-state index is -1.17. The summed E-state index contributed by atoms with van der Waals surface area (Å²) in [5, 5.41) is 44.5. The molecule has 0 aliphatic rings. The summed E-state index contributed by atoms with van der Waals surface area (Å²) in [5.74, 6) is -2.20. The van der Waals surface area contributed by atoms with Crippen LogP contribution in [-0.2, 0) is 9.59 Å². The Kier molecular flexibility index (Phi) is 23.6. The van der Waals surface area contributed by atoms with E-state index in [4.69, 9.17) is 26.8 Å². The number of carboxylic acid groups (broad SMARTS) is 2. The number of hydrogen-bond acceptors (Lipinski definition) is 7. The van der Waals surface area contributed by atoms with Gasteiger partial charge < -0.3 is 37.0 Å². The largest absolute Gasteiger partial charge is 0.481 e. The lowest BCUT2D eigenvalue weighted by atomic mass is 10.00. The molecule has 0 amide bonds. The van der Waals surface area contributed by atoms with Crippen LogP contribution >= 0.6 is 0 Å². The summed E-state index contributed by atoms with van der Waals surface area (Å²) in [4.78, 5) is 19.9. The van der Waals surface area contributed by atoms with E-state index in [0.717, 1.165) is 12.8 Å². The van der Waals surface area contributed by atoms with Gasteiger partial charge in [-0.3, -0.25) is 9.59 Å². The molecule has 0 fully saturated rings. The Bertz CT molecular complexity index is 452. The number of carbonyl (C=O) groups is 2. The Morgan fingerprint density at radius 2 is 1.19 bits per heavy atom. The fraction of sp³-hybridized carbons (Fsp3) is 0.913. The number of aliphatic hydroxyl groups excluding tert-OH is 3. The zero-order chi connectivity index (χ0) is 24.8. The van der Waals surface area contributed by atoms with E-state index in [1.54, 1.807) is 0 Å². The predicted molar refractivity (Wildman–Crippen MR) is 125 cm³/mol. The zero-order valence-corrected chi connectivity index (χ0v) is 19.8. The van der Waals surface area contributed by atoms with Gasteiger partial charge in [0.1, 0.15) is 6.04 Å². The van der Waals surface area contributed by atoms with E-state index in [0.29, 0.717) is 6.42 Å². The van der Waals surface area contributed by atoms with Crippen molar-refractivity contribution < 1.29 is 35.1 Å². The maximum absolute atomic E-state index is 9.99. The highest BCUT2D eigenvalue weighted by Crippen LogP contribution is 2.14. The molecular weight excluding hydrogens is 416 g/mol. The third-order valence-electron chi connectivity index (χ3n) is 5.38. The van der Waals surface area contributed by atoms with Crippen molar-refractivity contribution >= 4 is 11.9 Å². The number of nitrogens with two attached hydrogens (primary N) is 2. The normalized spacial score (nSPS) is 14.7. The second-order valence-corrected chi connectivity index (χ2v) is 8.46. The van der Waals surface area contributed by atoms with E-state index in [1.807, 2.05) is 0 Å². The first-order valence-corrected chi connectivity index (χ1v) is 12.1. The monoisotopic (exact) mass is 464 g/mol. The van der Waals surface area contributed by atoms with Crippen LogP contribution in [-0.4, -0.2) is 68.4 Å². The maximum Gasteiger partial charge on any atom is 0.320 e. The summed E-state index contributed by atoms with van der Waals surface area (Å²) >= 11 is 0. The second-order valence-electron chi connectivity index (χ2n) is 8.46. The van der Waals surface area contributed by atoms with Crippen LogP contribution in [0, 0.1) is 0 Å². The van der Waals surface area contributed by atoms with Crippen molar-refractivity contribution in [2.75, 3.05) is 6.61 Å². The topological polar surface area (TPSA) is 187 Å². The molecule has 0 bridgehead atoms. The fourth-order valence-electron chi connectivity index (χ4n) is 3.16. The third-order valence-corrected chi connectivity index (χ3v) is 5.38. The lowest BCUT2D eigenvalue weighted by molar-refractivity contribution is -0.139. The van der Waals surface area contributed by atoms with Crippen LogP contribution in [0.2, 0.25) is 0 Å². The van der Waals surface area contributed by atoms with Gasteiger partial charge in [0, 0.05) is 6.42 Å². The fourth-order valence-corrected chi connectivity index (χ4v) is 3.16. The first kappa shape index (κ1) is 32.9. The van der Waals surface area contributed by atoms with Crippen molar-refractivity contribution in [2.45, 2.75) is 128 Å². The van der Waals surface area contributed by atoms with Gasteiger partial charge in [-0.15, -0.1) is 0 Å². The average molecular weight is 465 g/mol. The maximum atomic E-state index is 9.99. The molecule has 0 aliphatic heterocycles. The highest BCUT2D eigenvalue weighted by molar-refractivity contribution is 5.74. The Hall–Kier alpha value is -1.26. The molecule has 0 aromatic carbocycles. The molecule has 0 saturated carbocycles. The molecule has 0 spiro atoms. The molecule has 0 rings (SSSR count). The SMILES string of the molecule is CCCCCCCCCCCCCC[C@@H](O)[C@@H](O)[C@@H](N)CO.N[C@@H](CCC(=O)O)C(=O)O. The van der Waals surface area contributed by atoms with Crippen LogP contribution < -0.4 is 11.5 Å². The minimum absolute atomic E-state index is 0.0231. The smallest absolute Gasteiger partial charge is 0.320 e. The van der Waals surface area contributed by atoms with Gasteiger partial charge in [0.25, 0.3) is 0 Å². The summed E-state index contributed by atoms with van der Waals surface area (Å²) in [6.45, 7) is 1.96. The van der Waals surface area contributed by atoms with E-state index in [-0.39, 0.29) is 19.4 Å². The molecule has 0 heterocycles. The Morgan fingerprint density at radius 1 is 0.750 bits per heavy atom. The van der Waals surface area contributed by atoms with E-state index >= 15 is 0 Å². The summed E-state index contributed by atoms with van der Waals surface area (Å²) < 4.78 is 0. The molecule has 9 N–H and O–H groups in total. The van der Waals surface area contributed by atoms with Crippen LogP contribution in [0.1, 0.15) is 103 Å². The van der Waals surface area contributed by atoms with E-state index in [9.17, 15) is 19.8 Å². The zero-order valence-electron chi connectivity index (χ0n) is 19.8. The number of rotatable bonds is 20. The number of hydrogen-bond donors (Lipinski definition) is 7. The minimum Gasteiger partial charge on any atom is -0.481 e. The number of aliphatic carboxylic acids is 2. The number of unbranched alkanes of at least 4 members (excludes halogenated alkanes) is 11. The van der Waals surface area contributed by atoms with Crippen LogP contribution in [0.15, 0.2) is 0 Å². The van der Waals surface area contributed by atoms with Gasteiger partial charge in [0.2, 0.25) is 0 Å². The number of carboxylic acids is 2. The van der Waals surface area contributed by atoms with Crippen molar-refractivity contribution in [3.05, 3.63) is 0 Å². The van der Waals surface area contributed by atoms with Crippen molar-refractivity contribution in [1.82, 2.24) is 0 Å². The van der Waals surface area contributed by atoms with Crippen LogP contribution in [0.4, 0.5) is 0 Å². The molecule has 0 unspecified atom stereocenters. The van der Waals surface area contributed by atoms with Crippen molar-refractivity contribution in [2.24, 2.45) is 11.5 Å². The van der Waals surface area contributed by atoms with Crippen molar-refractivity contribution in [3.63, 3.8) is 0 Å². The molecule has 192 valence electrons. The molecule has 0 aromatic rings. The van der Waals surface area contributed by atoms with Gasteiger partial charge >= 0.3 is 11.9 Å². The lowest BCUT2D eigenvalue weighted by Gasteiger charge is -2.22. The molecule has 4 atom stereocenters. The van der Waals surface area contributed by atoms with Gasteiger partial charge in [-0.1, -0.05) is 84.0 Å². The van der Waals surface area contributed by atoms with Gasteiger partial charge in [0.15, 0.2) is 0 Å². The second kappa shape index (κ2) is 22.9. The van der Waals surface area contributed by atoms with Crippen LogP contribution in [0.5, 0.6) is 0 Å². The molecule has 9 heteroatoms. The molecule has 32 heavy (non-hydrogen) atoms. The summed E-state index contributed by atoms with van der Waals surface area (Å²) in [7, 11) is 0. The summed E-state index contributed by atoms with van der Waals surface area (Å²) in [6.07, 6.45) is 13.9. The Morgan fingerprint density at radius 3 is 1.56 bits per heavy atom. The van der Waals surface area contributed by atoms with Gasteiger partial charge in [0.05, 0.1) is 24.9 Å². The third kappa shape index (κ3) is 22.0. The molecule has 9 nitrogen and oxygen atoms in total. The van der Waals surface area contributed by atoms with Gasteiger partial charge in [-0.25, -0.2) is 0 Å². The molecular formula is C23H48N2O7. The highest BCUT2D eigenvalue weighted by Gasteiger charge is 2.22. The first-order valence-electron chi connectivity index (χ1n) is 12.1. The average Bonchev–Trinajstić information content (AvgIpc) is 2.77. The van der Waals surface area contributed by atoms with Crippen molar-refractivity contribution in [3.8, 4) is 0 Å². The van der Waals surface area contributed by atoms with E-state index < -0.39 is 36.2 Å². The highest BCUT2D eigenvalue weighted by atomic mass is 16.4. The summed E-state index contributed by atoms with van der Waals surface area (Å²) in [6, 6.07) is -1.80. The van der Waals surface area contributed by atoms with Crippen LogP contribution in [0.25, 0.3) is 0 Å². The quantitative estimate of drug-likeness (QED) is 0.133. The summed E-state index contributed by atoms with van der Waals surface area (Å²) in [5.41, 5.74) is 10.5. The first-order chi connectivity index (χ1) is 15.2. The molecule has 0 saturated heterocycles. The lowest BCUT2D eigenvalue weighted by Crippen LogP contribution is -2.45. The molecule has 0 aromatic heterocycles. The van der Waals surface area contributed by atoms with E-state index in [2.05, 4.69) is 6.92 Å². The Balaban J connectivity index is 0. The van der Waals surface area contributed by atoms with Crippen molar-refractivity contribution in [1.29, 1.82) is 0 Å². The molecule has 0 radical (unpaired) electrons. The van der Waals surface area contributed by atoms with Gasteiger partial charge in [-0.05, 0) is 12.8 Å². The predicted octanol–water partition coefficient (Wildman–Crippen LogP) is 2.38. The molecule has 0 aliphatic carbocycles. The standard InChI is InChI=1S/C18H39NO3.C5H9NO4/c1-2-3-4-5-6-7-8-9-10-11-12-13-14-17(21)18(22)16(19)15-20;6-3(5(9)10)1-2-4(7)8/h16-18,20-22H,2-15,19H2,1H3;3H,1-2,6H2,(H,7,8)(H,9,10)/t16-,17+,18-;3-/m00/s1. The van der Waals surface area contributed by atoms with Gasteiger partial charge in [-0.2, -0.15) is 0 Å².